The molecule has 0 aliphatic rings. The van der Waals surface area contributed by atoms with Crippen LogP contribution in [0.1, 0.15) is 0 Å². The fraction of sp³-hybridized carbons (Fsp3) is 0. The lowest BCUT2D eigenvalue weighted by atomic mass is 10.1. The lowest BCUT2D eigenvalue weighted by Crippen LogP contribution is -2.10. The molecule has 2 N–H and O–H groups in total. The van der Waals surface area contributed by atoms with E-state index in [4.69, 9.17) is 0 Å². The molecule has 0 fully saturated rings. The molecule has 0 bridgehead atoms. The van der Waals surface area contributed by atoms with Crippen molar-refractivity contribution in [2.45, 2.75) is 0 Å². The van der Waals surface area contributed by atoms with E-state index in [1.807, 2.05) is 30.3 Å². The molecule has 20 heavy (non-hydrogen) atoms. The van der Waals surface area contributed by atoms with Gasteiger partial charge in [-0.2, -0.15) is 5.21 Å². The lowest BCUT2D eigenvalue weighted by molar-refractivity contribution is -0.111. The molecule has 3 aromatic rings. The van der Waals surface area contributed by atoms with Gasteiger partial charge in [-0.1, -0.05) is 24.8 Å². The molecular weight excluding hydrogens is 256 g/mol. The molecule has 0 unspecified atom stereocenters. The number of rotatable bonds is 3. The maximum absolute atomic E-state index is 11.5. The monoisotopic (exact) mass is 266 g/mol. The van der Waals surface area contributed by atoms with Crippen molar-refractivity contribution in [2.24, 2.45) is 0 Å². The molecule has 2 aromatic heterocycles. The van der Waals surface area contributed by atoms with Gasteiger partial charge in [0.05, 0.1) is 11.1 Å². The molecular formula is C13H10N6O. The molecule has 1 amide bonds. The second-order valence-corrected chi connectivity index (χ2v) is 4.01. The number of benzene rings is 1. The first-order chi connectivity index (χ1) is 9.78. The van der Waals surface area contributed by atoms with Gasteiger partial charge in [0.25, 0.3) is 0 Å². The van der Waals surface area contributed by atoms with Gasteiger partial charge in [0.15, 0.2) is 0 Å². The van der Waals surface area contributed by atoms with Gasteiger partial charge in [0, 0.05) is 5.39 Å². The average Bonchev–Trinajstić information content (AvgIpc) is 3.00. The summed E-state index contributed by atoms with van der Waals surface area (Å²) in [5.74, 6) is 0.384. The minimum atomic E-state index is -0.350. The number of carbonyl (C=O) groups is 1. The number of aromatic nitrogens is 5. The van der Waals surface area contributed by atoms with Crippen LogP contribution in [0, 0.1) is 0 Å². The molecule has 7 heteroatoms. The lowest BCUT2D eigenvalue weighted by Gasteiger charge is -2.08. The van der Waals surface area contributed by atoms with Crippen LogP contribution < -0.4 is 5.32 Å². The summed E-state index contributed by atoms with van der Waals surface area (Å²) in [4.78, 5) is 15.9. The molecule has 1 aromatic carbocycles. The summed E-state index contributed by atoms with van der Waals surface area (Å²) in [5.41, 5.74) is 1.35. The average molecular weight is 266 g/mol. The number of nitrogens with zero attached hydrogens (tertiary/aromatic N) is 4. The summed E-state index contributed by atoms with van der Waals surface area (Å²) < 4.78 is 0. The normalized spacial score (nSPS) is 10.4. The van der Waals surface area contributed by atoms with Crippen molar-refractivity contribution in [1.29, 1.82) is 0 Å². The number of pyridine rings is 1. The molecule has 0 aliphatic carbocycles. The molecule has 3 rings (SSSR count). The highest BCUT2D eigenvalue weighted by Crippen LogP contribution is 2.27. The van der Waals surface area contributed by atoms with Crippen LogP contribution >= 0.6 is 0 Å². The Balaban J connectivity index is 2.20. The molecule has 0 atom stereocenters. The molecule has 7 nitrogen and oxygen atoms in total. The van der Waals surface area contributed by atoms with E-state index in [0.717, 1.165) is 10.9 Å². The van der Waals surface area contributed by atoms with E-state index in [-0.39, 0.29) is 5.91 Å². The first-order valence-electron chi connectivity index (χ1n) is 5.85. The minimum Gasteiger partial charge on any atom is -0.306 e. The van der Waals surface area contributed by atoms with E-state index in [1.54, 1.807) is 0 Å². The Labute approximate surface area is 113 Å². The number of anilines is 1. The fourth-order valence-electron chi connectivity index (χ4n) is 1.83. The Kier molecular flexibility index (Phi) is 2.92. The number of nitrogens with one attached hydrogen (secondary N) is 2. The second kappa shape index (κ2) is 4.88. The summed E-state index contributed by atoms with van der Waals surface area (Å²) in [6.45, 7) is 3.42. The van der Waals surface area contributed by atoms with Crippen molar-refractivity contribution in [2.75, 3.05) is 5.32 Å². The van der Waals surface area contributed by atoms with E-state index >= 15 is 0 Å². The van der Waals surface area contributed by atoms with Crippen LogP contribution in [-0.2, 0) is 4.79 Å². The highest BCUT2D eigenvalue weighted by Gasteiger charge is 2.14. The standard InChI is InChI=1S/C13H10N6O/c1-2-11(20)15-12-9(13-16-18-19-17-13)7-8-5-3-4-6-10(8)14-12/h2-7H,1H2,(H,14,15,20)(H,16,17,18,19). The maximum Gasteiger partial charge on any atom is 0.248 e. The van der Waals surface area contributed by atoms with Crippen molar-refractivity contribution in [3.8, 4) is 11.4 Å². The van der Waals surface area contributed by atoms with Crippen LogP contribution in [0.5, 0.6) is 0 Å². The van der Waals surface area contributed by atoms with Crippen molar-refractivity contribution in [1.82, 2.24) is 25.6 Å². The molecule has 0 saturated carbocycles. The number of carbonyl (C=O) groups excluding carboxylic acids is 1. The molecule has 0 radical (unpaired) electrons. The number of para-hydroxylation sites is 1. The van der Waals surface area contributed by atoms with Crippen LogP contribution in [0.4, 0.5) is 5.82 Å². The van der Waals surface area contributed by atoms with Gasteiger partial charge < -0.3 is 5.32 Å². The number of aromatic amines is 1. The van der Waals surface area contributed by atoms with E-state index in [2.05, 4.69) is 37.5 Å². The molecule has 0 spiro atoms. The van der Waals surface area contributed by atoms with Gasteiger partial charge in [-0.05, 0) is 23.4 Å². The Morgan fingerprint density at radius 3 is 2.95 bits per heavy atom. The second-order valence-electron chi connectivity index (χ2n) is 4.01. The van der Waals surface area contributed by atoms with E-state index in [1.165, 1.54) is 6.08 Å². The van der Waals surface area contributed by atoms with Crippen LogP contribution in [0.25, 0.3) is 22.3 Å². The largest absolute Gasteiger partial charge is 0.306 e. The van der Waals surface area contributed by atoms with Gasteiger partial charge in [0.1, 0.15) is 5.82 Å². The van der Waals surface area contributed by atoms with Crippen LogP contribution in [0.2, 0.25) is 0 Å². The van der Waals surface area contributed by atoms with Crippen molar-refractivity contribution in [3.63, 3.8) is 0 Å². The maximum atomic E-state index is 11.5. The Hall–Kier alpha value is -3.09. The SMILES string of the molecule is C=CC(=O)Nc1nc2ccccc2cc1-c1nn[nH]n1. The zero-order valence-corrected chi connectivity index (χ0v) is 10.4. The number of hydrogen-bond donors (Lipinski definition) is 2. The van der Waals surface area contributed by atoms with Crippen molar-refractivity contribution < 1.29 is 4.79 Å². The van der Waals surface area contributed by atoms with Gasteiger partial charge in [0.2, 0.25) is 11.7 Å². The molecule has 0 saturated heterocycles. The quantitative estimate of drug-likeness (QED) is 0.701. The molecule has 98 valence electrons. The topological polar surface area (TPSA) is 96.5 Å². The zero-order chi connectivity index (χ0) is 13.9. The summed E-state index contributed by atoms with van der Waals surface area (Å²) in [5, 5.41) is 17.3. The third kappa shape index (κ3) is 2.12. The van der Waals surface area contributed by atoms with Gasteiger partial charge in [-0.3, -0.25) is 4.79 Å². The number of amides is 1. The Morgan fingerprint density at radius 1 is 1.35 bits per heavy atom. The smallest absolute Gasteiger partial charge is 0.248 e. The predicted octanol–water partition coefficient (Wildman–Crippen LogP) is 1.54. The summed E-state index contributed by atoms with van der Waals surface area (Å²) in [6, 6.07) is 9.42. The number of tetrazole rings is 1. The van der Waals surface area contributed by atoms with E-state index in [9.17, 15) is 4.79 Å². The van der Waals surface area contributed by atoms with E-state index in [0.29, 0.717) is 17.2 Å². The summed E-state index contributed by atoms with van der Waals surface area (Å²) in [6.07, 6.45) is 1.18. The van der Waals surface area contributed by atoms with Crippen molar-refractivity contribution in [3.05, 3.63) is 43.0 Å². The highest BCUT2D eigenvalue weighted by molar-refractivity contribution is 6.02. The van der Waals surface area contributed by atoms with Crippen LogP contribution in [0.15, 0.2) is 43.0 Å². The Bertz CT molecular complexity index is 781. The predicted molar refractivity (Wildman–Crippen MR) is 73.7 cm³/mol. The van der Waals surface area contributed by atoms with Crippen LogP contribution in [-0.4, -0.2) is 31.5 Å². The first kappa shape index (κ1) is 12.0. The zero-order valence-electron chi connectivity index (χ0n) is 10.4. The van der Waals surface area contributed by atoms with Gasteiger partial charge in [-0.15, -0.1) is 10.2 Å². The van der Waals surface area contributed by atoms with Gasteiger partial charge in [-0.25, -0.2) is 4.98 Å². The van der Waals surface area contributed by atoms with E-state index < -0.39 is 0 Å². The van der Waals surface area contributed by atoms with Crippen LogP contribution in [0.3, 0.4) is 0 Å². The number of fused-ring (bicyclic) bond motifs is 1. The molecule has 2 heterocycles. The summed E-state index contributed by atoms with van der Waals surface area (Å²) >= 11 is 0. The van der Waals surface area contributed by atoms with Crippen molar-refractivity contribution >= 4 is 22.6 Å². The number of hydrogen-bond acceptors (Lipinski definition) is 5. The highest BCUT2D eigenvalue weighted by atomic mass is 16.1. The van der Waals surface area contributed by atoms with Gasteiger partial charge >= 0.3 is 0 Å². The fourth-order valence-corrected chi connectivity index (χ4v) is 1.83. The molecule has 0 aliphatic heterocycles. The third-order valence-electron chi connectivity index (χ3n) is 2.74. The third-order valence-corrected chi connectivity index (χ3v) is 2.74. The summed E-state index contributed by atoms with van der Waals surface area (Å²) in [7, 11) is 0. The number of H-pyrrole nitrogens is 1. The first-order valence-corrected chi connectivity index (χ1v) is 5.85. The minimum absolute atomic E-state index is 0.350. The Morgan fingerprint density at radius 2 is 2.20 bits per heavy atom.